The maximum absolute atomic E-state index is 13.6. The van der Waals surface area contributed by atoms with Crippen LogP contribution in [-0.4, -0.2) is 35.7 Å². The summed E-state index contributed by atoms with van der Waals surface area (Å²) < 4.78 is 12.2. The molecule has 0 radical (unpaired) electrons. The van der Waals surface area contributed by atoms with E-state index >= 15 is 0 Å². The van der Waals surface area contributed by atoms with Crippen molar-refractivity contribution in [3.8, 4) is 5.75 Å². The fourth-order valence-corrected chi connectivity index (χ4v) is 7.05. The van der Waals surface area contributed by atoms with Gasteiger partial charge in [-0.1, -0.05) is 81.3 Å². The van der Waals surface area contributed by atoms with Gasteiger partial charge in [0.1, 0.15) is 18.5 Å². The number of aryl methyl sites for hydroxylation is 3. The van der Waals surface area contributed by atoms with Crippen LogP contribution >= 0.6 is 11.8 Å². The number of hydrogen-bond donors (Lipinski definition) is 0. The molecular weight excluding hydrogens is 554 g/mol. The lowest BCUT2D eigenvalue weighted by molar-refractivity contribution is -0.152. The minimum Gasteiger partial charge on any atom is -0.488 e. The third-order valence-corrected chi connectivity index (χ3v) is 9.51. The summed E-state index contributed by atoms with van der Waals surface area (Å²) in [7, 11) is 1.82. The van der Waals surface area contributed by atoms with Gasteiger partial charge in [0.2, 0.25) is 0 Å². The SMILES string of the molecule is Cc1cccc(COc2c(C)cc(CN(C)C(=O)c3ccccc3SCC(=O)OC3CC(C)CCC3C(C)C)cc2C)c1. The van der Waals surface area contributed by atoms with Crippen molar-refractivity contribution in [3.63, 3.8) is 0 Å². The predicted octanol–water partition coefficient (Wildman–Crippen LogP) is 8.56. The van der Waals surface area contributed by atoms with Crippen molar-refractivity contribution in [3.05, 3.63) is 94.0 Å². The van der Waals surface area contributed by atoms with Crippen molar-refractivity contribution in [1.82, 2.24) is 4.90 Å². The molecule has 0 aromatic heterocycles. The van der Waals surface area contributed by atoms with Crippen LogP contribution in [0.2, 0.25) is 0 Å². The van der Waals surface area contributed by atoms with Gasteiger partial charge in [-0.3, -0.25) is 9.59 Å². The molecule has 4 rings (SSSR count). The zero-order valence-electron chi connectivity index (χ0n) is 26.8. The Hall–Kier alpha value is -3.25. The predicted molar refractivity (Wildman–Crippen MR) is 176 cm³/mol. The fraction of sp³-hybridized carbons (Fsp3) is 0.459. The highest BCUT2D eigenvalue weighted by Crippen LogP contribution is 2.36. The van der Waals surface area contributed by atoms with Gasteiger partial charge in [0.05, 0.1) is 11.3 Å². The first-order valence-corrected chi connectivity index (χ1v) is 16.5. The molecule has 0 bridgehead atoms. The summed E-state index contributed by atoms with van der Waals surface area (Å²) in [4.78, 5) is 29.0. The molecule has 5 nitrogen and oxygen atoms in total. The van der Waals surface area contributed by atoms with Crippen LogP contribution in [-0.2, 0) is 22.7 Å². The molecule has 0 aliphatic heterocycles. The number of carbonyl (C=O) groups excluding carboxylic acids is 2. The molecule has 0 spiro atoms. The Kier molecular flexibility index (Phi) is 11.4. The lowest BCUT2D eigenvalue weighted by atomic mass is 9.75. The van der Waals surface area contributed by atoms with Crippen LogP contribution < -0.4 is 4.74 Å². The van der Waals surface area contributed by atoms with Crippen LogP contribution in [0.3, 0.4) is 0 Å². The third kappa shape index (κ3) is 8.88. The first-order valence-electron chi connectivity index (χ1n) is 15.5. The second-order valence-corrected chi connectivity index (χ2v) is 13.7. The number of ether oxygens (including phenoxy) is 2. The van der Waals surface area contributed by atoms with E-state index in [0.29, 0.717) is 36.5 Å². The topological polar surface area (TPSA) is 55.8 Å². The molecule has 1 aliphatic carbocycles. The molecule has 43 heavy (non-hydrogen) atoms. The summed E-state index contributed by atoms with van der Waals surface area (Å²) in [6.45, 7) is 13.8. The smallest absolute Gasteiger partial charge is 0.316 e. The van der Waals surface area contributed by atoms with Crippen molar-refractivity contribution in [2.24, 2.45) is 17.8 Å². The zero-order valence-corrected chi connectivity index (χ0v) is 27.6. The fourth-order valence-electron chi connectivity index (χ4n) is 6.23. The number of esters is 1. The number of nitrogens with zero attached hydrogens (tertiary/aromatic N) is 1. The highest BCUT2D eigenvalue weighted by molar-refractivity contribution is 8.00. The van der Waals surface area contributed by atoms with E-state index in [2.05, 4.69) is 58.0 Å². The van der Waals surface area contributed by atoms with Crippen LogP contribution in [0.5, 0.6) is 5.75 Å². The maximum Gasteiger partial charge on any atom is 0.316 e. The Morgan fingerprint density at radius 2 is 1.67 bits per heavy atom. The molecule has 3 aromatic carbocycles. The van der Waals surface area contributed by atoms with E-state index in [1.807, 2.05) is 51.2 Å². The number of rotatable bonds is 11. The Bertz CT molecular complexity index is 1390. The average molecular weight is 602 g/mol. The molecular formula is C37H47NO4S. The average Bonchev–Trinajstić information content (AvgIpc) is 2.95. The maximum atomic E-state index is 13.6. The molecule has 0 saturated heterocycles. The van der Waals surface area contributed by atoms with Gasteiger partial charge in [-0.2, -0.15) is 0 Å². The normalized spacial score (nSPS) is 18.4. The van der Waals surface area contributed by atoms with Crippen LogP contribution in [0, 0.1) is 38.5 Å². The van der Waals surface area contributed by atoms with E-state index < -0.39 is 0 Å². The first-order chi connectivity index (χ1) is 20.5. The third-order valence-electron chi connectivity index (χ3n) is 8.46. The van der Waals surface area contributed by atoms with Crippen molar-refractivity contribution in [1.29, 1.82) is 0 Å². The number of carbonyl (C=O) groups is 2. The van der Waals surface area contributed by atoms with Gasteiger partial charge in [-0.05, 0) is 85.8 Å². The van der Waals surface area contributed by atoms with Crippen LogP contribution in [0.1, 0.15) is 78.2 Å². The van der Waals surface area contributed by atoms with Crippen LogP contribution in [0.15, 0.2) is 65.6 Å². The molecule has 0 heterocycles. The Balaban J connectivity index is 1.37. The summed E-state index contributed by atoms with van der Waals surface area (Å²) >= 11 is 1.38. The standard InChI is InChI=1S/C37H47NO4S/c1-24(2)31-16-15-26(4)18-33(31)42-35(39)23-43-34-14-9-8-13-32(34)37(40)38(7)21-30-19-27(5)36(28(6)20-30)41-22-29-12-10-11-25(3)17-29/h8-14,17,19-20,24,26,31,33H,15-16,18,21-23H2,1-7H3. The number of thioether (sulfide) groups is 1. The summed E-state index contributed by atoms with van der Waals surface area (Å²) in [6, 6.07) is 20.0. The lowest BCUT2D eigenvalue weighted by Gasteiger charge is -2.36. The van der Waals surface area contributed by atoms with E-state index in [9.17, 15) is 9.59 Å². The Labute approximate surface area is 262 Å². The van der Waals surface area contributed by atoms with Gasteiger partial charge in [-0.15, -0.1) is 11.8 Å². The first kappa shape index (κ1) is 32.7. The molecule has 6 heteroatoms. The molecule has 1 saturated carbocycles. The minimum atomic E-state index is -0.207. The van der Waals surface area contributed by atoms with Crippen LogP contribution in [0.25, 0.3) is 0 Å². The molecule has 230 valence electrons. The lowest BCUT2D eigenvalue weighted by Crippen LogP contribution is -2.36. The molecule has 3 unspecified atom stereocenters. The summed E-state index contributed by atoms with van der Waals surface area (Å²) in [5.41, 5.74) is 6.09. The van der Waals surface area contributed by atoms with Gasteiger partial charge >= 0.3 is 5.97 Å². The van der Waals surface area contributed by atoms with Crippen molar-refractivity contribution in [2.75, 3.05) is 12.8 Å². The molecule has 3 atom stereocenters. The van der Waals surface area contributed by atoms with Crippen LogP contribution in [0.4, 0.5) is 0 Å². The van der Waals surface area contributed by atoms with E-state index in [1.165, 1.54) is 23.7 Å². The molecule has 0 N–H and O–H groups in total. The van der Waals surface area contributed by atoms with E-state index in [-0.39, 0.29) is 23.7 Å². The zero-order chi connectivity index (χ0) is 31.1. The second-order valence-electron chi connectivity index (χ2n) is 12.6. The quantitative estimate of drug-likeness (QED) is 0.163. The van der Waals surface area contributed by atoms with Gasteiger partial charge in [0.25, 0.3) is 5.91 Å². The Morgan fingerprint density at radius 3 is 2.37 bits per heavy atom. The molecule has 1 amide bonds. The van der Waals surface area contributed by atoms with Gasteiger partial charge in [0, 0.05) is 18.5 Å². The van der Waals surface area contributed by atoms with Gasteiger partial charge < -0.3 is 14.4 Å². The molecule has 1 fully saturated rings. The van der Waals surface area contributed by atoms with E-state index in [1.54, 1.807) is 4.90 Å². The van der Waals surface area contributed by atoms with E-state index in [0.717, 1.165) is 45.7 Å². The summed E-state index contributed by atoms with van der Waals surface area (Å²) in [5, 5.41) is 0. The van der Waals surface area contributed by atoms with Gasteiger partial charge in [-0.25, -0.2) is 0 Å². The Morgan fingerprint density at radius 1 is 0.953 bits per heavy atom. The highest BCUT2D eigenvalue weighted by atomic mass is 32.2. The van der Waals surface area contributed by atoms with E-state index in [4.69, 9.17) is 9.47 Å². The summed E-state index contributed by atoms with van der Waals surface area (Å²) in [6.07, 6.45) is 3.21. The van der Waals surface area contributed by atoms with Crippen molar-refractivity contribution >= 4 is 23.6 Å². The number of amides is 1. The largest absolute Gasteiger partial charge is 0.488 e. The number of hydrogen-bond acceptors (Lipinski definition) is 5. The minimum absolute atomic E-state index is 0.0221. The summed E-state index contributed by atoms with van der Waals surface area (Å²) in [5.74, 6) is 2.26. The highest BCUT2D eigenvalue weighted by Gasteiger charge is 2.33. The molecule has 1 aliphatic rings. The van der Waals surface area contributed by atoms with Gasteiger partial charge in [0.15, 0.2) is 0 Å². The van der Waals surface area contributed by atoms with Crippen molar-refractivity contribution < 1.29 is 19.1 Å². The second kappa shape index (κ2) is 15.0. The number of benzene rings is 3. The molecule has 3 aromatic rings. The monoisotopic (exact) mass is 601 g/mol. The van der Waals surface area contributed by atoms with Crippen molar-refractivity contribution in [2.45, 2.75) is 85.0 Å².